The lowest BCUT2D eigenvalue weighted by atomic mass is 10.1. The molecule has 0 atom stereocenters. The predicted molar refractivity (Wildman–Crippen MR) is 87.5 cm³/mol. The number of carbonyl (C=O) groups is 1. The number of fused-ring (bicyclic) bond motifs is 1. The molecule has 1 heterocycles. The number of rotatable bonds is 5. The number of para-hydroxylation sites is 1. The van der Waals surface area contributed by atoms with Crippen LogP contribution >= 0.6 is 12.2 Å². The van der Waals surface area contributed by atoms with E-state index < -0.39 is 0 Å². The SMILES string of the molecule is CCN(CC(=O)OC)c1cc(C(N)=S)c2ccccc2n1. The molecule has 6 heteroatoms. The Hall–Kier alpha value is -2.21. The number of hydrogen-bond donors (Lipinski definition) is 1. The molecule has 0 aliphatic heterocycles. The number of benzene rings is 1. The fraction of sp³-hybridized carbons (Fsp3) is 0.267. The average Bonchev–Trinajstić information content (AvgIpc) is 2.50. The zero-order valence-corrected chi connectivity index (χ0v) is 12.8. The summed E-state index contributed by atoms with van der Waals surface area (Å²) in [5.74, 6) is 0.341. The molecule has 0 unspecified atom stereocenters. The van der Waals surface area contributed by atoms with Gasteiger partial charge in [0, 0.05) is 17.5 Å². The van der Waals surface area contributed by atoms with Gasteiger partial charge in [-0.3, -0.25) is 4.79 Å². The van der Waals surface area contributed by atoms with Crippen molar-refractivity contribution in [2.75, 3.05) is 25.1 Å². The number of nitrogens with zero attached hydrogens (tertiary/aromatic N) is 2. The van der Waals surface area contributed by atoms with Gasteiger partial charge in [0.2, 0.25) is 0 Å². The van der Waals surface area contributed by atoms with E-state index in [1.807, 2.05) is 42.2 Å². The van der Waals surface area contributed by atoms with Crippen molar-refractivity contribution in [3.63, 3.8) is 0 Å². The molecular formula is C15H17N3O2S. The summed E-state index contributed by atoms with van der Waals surface area (Å²) in [6.07, 6.45) is 0. The van der Waals surface area contributed by atoms with Crippen LogP contribution in [0.15, 0.2) is 30.3 Å². The van der Waals surface area contributed by atoms with Gasteiger partial charge >= 0.3 is 5.97 Å². The maximum atomic E-state index is 11.5. The number of hydrogen-bond acceptors (Lipinski definition) is 5. The summed E-state index contributed by atoms with van der Waals surface area (Å²) in [5, 5.41) is 0.905. The largest absolute Gasteiger partial charge is 0.468 e. The highest BCUT2D eigenvalue weighted by Crippen LogP contribution is 2.23. The third-order valence-corrected chi connectivity index (χ3v) is 3.44. The molecule has 0 aliphatic rings. The van der Waals surface area contributed by atoms with Crippen molar-refractivity contribution in [2.45, 2.75) is 6.92 Å². The molecule has 0 amide bonds. The Morgan fingerprint density at radius 2 is 2.14 bits per heavy atom. The van der Waals surface area contributed by atoms with Gasteiger partial charge in [-0.25, -0.2) is 4.98 Å². The van der Waals surface area contributed by atoms with Crippen LogP contribution in [-0.2, 0) is 9.53 Å². The van der Waals surface area contributed by atoms with Crippen molar-refractivity contribution < 1.29 is 9.53 Å². The molecule has 2 N–H and O–H groups in total. The Labute approximate surface area is 128 Å². The van der Waals surface area contributed by atoms with E-state index in [0.717, 1.165) is 16.5 Å². The number of aromatic nitrogens is 1. The lowest BCUT2D eigenvalue weighted by Gasteiger charge is -2.21. The highest BCUT2D eigenvalue weighted by Gasteiger charge is 2.15. The van der Waals surface area contributed by atoms with Gasteiger partial charge in [0.25, 0.3) is 0 Å². The molecule has 0 saturated carbocycles. The summed E-state index contributed by atoms with van der Waals surface area (Å²) in [5.41, 5.74) is 7.36. The van der Waals surface area contributed by atoms with Crippen molar-refractivity contribution >= 4 is 39.9 Å². The zero-order chi connectivity index (χ0) is 15.4. The first-order valence-corrected chi connectivity index (χ1v) is 6.99. The number of ether oxygens (including phenoxy) is 1. The van der Waals surface area contributed by atoms with Crippen LogP contribution in [0.2, 0.25) is 0 Å². The van der Waals surface area contributed by atoms with Crippen LogP contribution in [0.25, 0.3) is 10.9 Å². The Balaban J connectivity index is 2.53. The van der Waals surface area contributed by atoms with Gasteiger partial charge in [0.1, 0.15) is 17.4 Å². The third kappa shape index (κ3) is 3.28. The predicted octanol–water partition coefficient (Wildman–Crippen LogP) is 1.87. The summed E-state index contributed by atoms with van der Waals surface area (Å²) < 4.78 is 4.71. The second kappa shape index (κ2) is 6.49. The minimum Gasteiger partial charge on any atom is -0.468 e. The Morgan fingerprint density at radius 3 is 2.76 bits per heavy atom. The van der Waals surface area contributed by atoms with E-state index in [4.69, 9.17) is 22.7 Å². The summed E-state index contributed by atoms with van der Waals surface area (Å²) in [4.78, 5) is 18.2. The molecule has 21 heavy (non-hydrogen) atoms. The Kier molecular flexibility index (Phi) is 4.70. The Morgan fingerprint density at radius 1 is 1.43 bits per heavy atom. The van der Waals surface area contributed by atoms with Crippen molar-refractivity contribution in [2.24, 2.45) is 5.73 Å². The van der Waals surface area contributed by atoms with Gasteiger partial charge in [-0.15, -0.1) is 0 Å². The molecule has 0 aliphatic carbocycles. The summed E-state index contributed by atoms with van der Waals surface area (Å²) in [6.45, 7) is 2.70. The van der Waals surface area contributed by atoms with Gasteiger partial charge < -0.3 is 15.4 Å². The van der Waals surface area contributed by atoms with Crippen molar-refractivity contribution in [3.05, 3.63) is 35.9 Å². The first-order chi connectivity index (χ1) is 10.1. The Bertz CT molecular complexity index is 688. The molecule has 110 valence electrons. The van der Waals surface area contributed by atoms with Gasteiger partial charge in [-0.2, -0.15) is 0 Å². The highest BCUT2D eigenvalue weighted by molar-refractivity contribution is 7.80. The van der Waals surface area contributed by atoms with Gasteiger partial charge in [0.05, 0.1) is 12.6 Å². The molecule has 0 spiro atoms. The second-order valence-corrected chi connectivity index (χ2v) is 4.94. The molecule has 0 fully saturated rings. The van der Waals surface area contributed by atoms with Crippen molar-refractivity contribution in [1.82, 2.24) is 4.98 Å². The zero-order valence-electron chi connectivity index (χ0n) is 12.0. The monoisotopic (exact) mass is 303 g/mol. The molecule has 0 radical (unpaired) electrons. The van der Waals surface area contributed by atoms with Crippen LogP contribution < -0.4 is 10.6 Å². The van der Waals surface area contributed by atoms with E-state index in [2.05, 4.69) is 4.98 Å². The lowest BCUT2D eigenvalue weighted by molar-refractivity contribution is -0.138. The number of likely N-dealkylation sites (N-methyl/N-ethyl adjacent to an activating group) is 1. The van der Waals surface area contributed by atoms with Crippen LogP contribution in [0.5, 0.6) is 0 Å². The molecule has 1 aromatic carbocycles. The minimum absolute atomic E-state index is 0.134. The molecular weight excluding hydrogens is 286 g/mol. The smallest absolute Gasteiger partial charge is 0.325 e. The molecule has 2 aromatic rings. The third-order valence-electron chi connectivity index (χ3n) is 3.22. The summed E-state index contributed by atoms with van der Waals surface area (Å²) in [7, 11) is 1.37. The van der Waals surface area contributed by atoms with E-state index >= 15 is 0 Å². The number of methoxy groups -OCH3 is 1. The molecule has 0 bridgehead atoms. The first-order valence-electron chi connectivity index (χ1n) is 6.58. The number of esters is 1. The molecule has 1 aromatic heterocycles. The highest BCUT2D eigenvalue weighted by atomic mass is 32.1. The van der Waals surface area contributed by atoms with Gasteiger partial charge in [0.15, 0.2) is 0 Å². The van der Waals surface area contributed by atoms with Crippen LogP contribution in [0.3, 0.4) is 0 Å². The topological polar surface area (TPSA) is 68.5 Å². The van der Waals surface area contributed by atoms with Crippen LogP contribution in [0.1, 0.15) is 12.5 Å². The van der Waals surface area contributed by atoms with E-state index in [1.165, 1.54) is 7.11 Å². The van der Waals surface area contributed by atoms with E-state index in [9.17, 15) is 4.79 Å². The normalized spacial score (nSPS) is 10.4. The molecule has 5 nitrogen and oxygen atoms in total. The second-order valence-electron chi connectivity index (χ2n) is 4.50. The van der Waals surface area contributed by atoms with Crippen LogP contribution in [0.4, 0.5) is 5.82 Å². The minimum atomic E-state index is -0.316. The fourth-order valence-corrected chi connectivity index (χ4v) is 2.27. The number of pyridine rings is 1. The summed E-state index contributed by atoms with van der Waals surface area (Å²) in [6, 6.07) is 9.46. The van der Waals surface area contributed by atoms with E-state index in [0.29, 0.717) is 17.4 Å². The number of carbonyl (C=O) groups excluding carboxylic acids is 1. The maximum Gasteiger partial charge on any atom is 0.325 e. The quantitative estimate of drug-likeness (QED) is 0.672. The lowest BCUT2D eigenvalue weighted by Crippen LogP contribution is -2.31. The number of nitrogens with two attached hydrogens (primary N) is 1. The first kappa shape index (κ1) is 15.2. The van der Waals surface area contributed by atoms with E-state index in [1.54, 1.807) is 0 Å². The number of thiocarbonyl (C=S) groups is 1. The maximum absolute atomic E-state index is 11.5. The van der Waals surface area contributed by atoms with Crippen LogP contribution in [0, 0.1) is 0 Å². The summed E-state index contributed by atoms with van der Waals surface area (Å²) >= 11 is 5.12. The average molecular weight is 303 g/mol. The van der Waals surface area contributed by atoms with Gasteiger partial charge in [-0.05, 0) is 19.1 Å². The number of anilines is 1. The molecule has 2 rings (SSSR count). The van der Waals surface area contributed by atoms with Crippen molar-refractivity contribution in [1.29, 1.82) is 0 Å². The van der Waals surface area contributed by atoms with Crippen LogP contribution in [-0.4, -0.2) is 36.1 Å². The standard InChI is InChI=1S/C15H17N3O2S/c1-3-18(9-14(19)20-2)13-8-11(15(16)21)10-6-4-5-7-12(10)17-13/h4-8H,3,9H2,1-2H3,(H2,16,21). The molecule has 0 saturated heterocycles. The fourth-order valence-electron chi connectivity index (χ4n) is 2.10. The van der Waals surface area contributed by atoms with E-state index in [-0.39, 0.29) is 12.5 Å². The van der Waals surface area contributed by atoms with Crippen molar-refractivity contribution in [3.8, 4) is 0 Å². The van der Waals surface area contributed by atoms with Gasteiger partial charge in [-0.1, -0.05) is 30.4 Å².